The number of ether oxygens (including phenoxy) is 1. The van der Waals surface area contributed by atoms with E-state index in [-0.39, 0.29) is 16.7 Å². The van der Waals surface area contributed by atoms with Gasteiger partial charge in [-0.25, -0.2) is 13.2 Å². The molecule has 1 atom stereocenters. The molecule has 1 aliphatic heterocycles. The largest absolute Gasteiger partial charge is 0.444 e. The molecule has 1 aliphatic rings. The zero-order valence-electron chi connectivity index (χ0n) is 13.6. The summed E-state index contributed by atoms with van der Waals surface area (Å²) >= 11 is 5.79. The number of carbonyl (C=O) groups excluding carboxylic acids is 1. The number of hydrogen-bond acceptors (Lipinski definition) is 4. The molecule has 0 aliphatic carbocycles. The van der Waals surface area contributed by atoms with Gasteiger partial charge in [0.2, 0.25) is 0 Å². The van der Waals surface area contributed by atoms with Gasteiger partial charge in [0.1, 0.15) is 5.60 Å². The first-order chi connectivity index (χ1) is 10.6. The molecule has 0 spiro atoms. The first-order valence-corrected chi connectivity index (χ1v) is 9.59. The van der Waals surface area contributed by atoms with Gasteiger partial charge in [-0.1, -0.05) is 11.6 Å². The van der Waals surface area contributed by atoms with Crippen LogP contribution in [0.4, 0.5) is 4.79 Å². The summed E-state index contributed by atoms with van der Waals surface area (Å²) in [6.07, 6.45) is 0.984. The second-order valence-electron chi connectivity index (χ2n) is 6.71. The van der Waals surface area contributed by atoms with E-state index in [9.17, 15) is 13.2 Å². The Morgan fingerprint density at radius 3 is 2.48 bits per heavy atom. The molecule has 23 heavy (non-hydrogen) atoms. The number of halogens is 1. The predicted molar refractivity (Wildman–Crippen MR) is 89.5 cm³/mol. The summed E-state index contributed by atoms with van der Waals surface area (Å²) in [4.78, 5) is 14.0. The van der Waals surface area contributed by atoms with Gasteiger partial charge in [-0.15, -0.1) is 0 Å². The smallest absolute Gasteiger partial charge is 0.410 e. The zero-order valence-corrected chi connectivity index (χ0v) is 15.2. The van der Waals surface area contributed by atoms with Crippen molar-refractivity contribution in [2.24, 2.45) is 0 Å². The van der Waals surface area contributed by atoms with Crippen LogP contribution >= 0.6 is 11.6 Å². The fourth-order valence-corrected chi connectivity index (χ4v) is 4.28. The number of nitrogens with zero attached hydrogens (tertiary/aromatic N) is 1. The molecule has 1 amide bonds. The van der Waals surface area contributed by atoms with Crippen LogP contribution in [0.1, 0.15) is 33.6 Å². The third-order valence-electron chi connectivity index (χ3n) is 3.59. The lowest BCUT2D eigenvalue weighted by Crippen LogP contribution is -2.42. The number of amides is 1. The molecular weight excluding hydrogens is 338 g/mol. The minimum atomic E-state index is -3.48. The third-order valence-corrected chi connectivity index (χ3v) is 5.66. The van der Waals surface area contributed by atoms with Gasteiger partial charge in [0.05, 0.1) is 10.6 Å². The van der Waals surface area contributed by atoms with Crippen molar-refractivity contribution in [2.45, 2.75) is 50.2 Å². The van der Waals surface area contributed by atoms with Crippen LogP contribution in [0.15, 0.2) is 29.2 Å². The molecule has 1 saturated heterocycles. The van der Waals surface area contributed by atoms with Crippen LogP contribution in [-0.2, 0) is 14.6 Å². The molecule has 5 nitrogen and oxygen atoms in total. The summed E-state index contributed by atoms with van der Waals surface area (Å²) in [7, 11) is -3.48. The molecule has 0 radical (unpaired) electrons. The zero-order chi connectivity index (χ0) is 17.3. The highest BCUT2D eigenvalue weighted by Crippen LogP contribution is 2.24. The Kier molecular flexibility index (Phi) is 5.26. The van der Waals surface area contributed by atoms with Gasteiger partial charge in [0, 0.05) is 17.6 Å². The maximum atomic E-state index is 12.5. The monoisotopic (exact) mass is 359 g/mol. The topological polar surface area (TPSA) is 63.7 Å². The molecule has 2 rings (SSSR count). The highest BCUT2D eigenvalue weighted by atomic mass is 35.5. The van der Waals surface area contributed by atoms with Crippen molar-refractivity contribution in [3.8, 4) is 0 Å². The molecule has 128 valence electrons. The molecular formula is C16H22ClNO4S. The number of hydrogen-bond donors (Lipinski definition) is 0. The number of benzene rings is 1. The lowest BCUT2D eigenvalue weighted by atomic mass is 10.2. The Hall–Kier alpha value is -1.27. The van der Waals surface area contributed by atoms with Crippen molar-refractivity contribution in [3.05, 3.63) is 29.3 Å². The SMILES string of the molecule is CC(C)(C)OC(=O)N1CCCC1CS(=O)(=O)c1ccc(Cl)cc1. The van der Waals surface area contributed by atoms with Gasteiger partial charge < -0.3 is 9.64 Å². The van der Waals surface area contributed by atoms with Crippen LogP contribution < -0.4 is 0 Å². The fraction of sp³-hybridized carbons (Fsp3) is 0.562. The van der Waals surface area contributed by atoms with Crippen LogP contribution in [0, 0.1) is 0 Å². The van der Waals surface area contributed by atoms with Crippen molar-refractivity contribution in [1.82, 2.24) is 4.90 Å². The van der Waals surface area contributed by atoms with E-state index in [1.54, 1.807) is 32.9 Å². The van der Waals surface area contributed by atoms with Gasteiger partial charge in [-0.3, -0.25) is 0 Å². The summed E-state index contributed by atoms with van der Waals surface area (Å²) in [5, 5.41) is 0.486. The molecule has 1 aromatic rings. The molecule has 0 bridgehead atoms. The Labute approximate surface area is 142 Å². The standard InChI is InChI=1S/C16H22ClNO4S/c1-16(2,3)22-15(19)18-10-4-5-13(18)11-23(20,21)14-8-6-12(17)7-9-14/h6-9,13H,4-5,10-11H2,1-3H3. The Morgan fingerprint density at radius 1 is 1.30 bits per heavy atom. The predicted octanol–water partition coefficient (Wildman–Crippen LogP) is 3.51. The average Bonchev–Trinajstić information content (AvgIpc) is 2.84. The molecule has 0 N–H and O–H groups in total. The molecule has 1 unspecified atom stereocenters. The summed E-state index contributed by atoms with van der Waals surface area (Å²) in [5.74, 6) is -0.103. The molecule has 0 saturated carbocycles. The van der Waals surface area contributed by atoms with E-state index >= 15 is 0 Å². The molecule has 0 aromatic heterocycles. The van der Waals surface area contributed by atoms with E-state index < -0.39 is 21.5 Å². The van der Waals surface area contributed by atoms with Crippen molar-refractivity contribution in [2.75, 3.05) is 12.3 Å². The summed E-state index contributed by atoms with van der Waals surface area (Å²) in [6.45, 7) is 5.90. The average molecular weight is 360 g/mol. The van der Waals surface area contributed by atoms with Crippen molar-refractivity contribution in [3.63, 3.8) is 0 Å². The van der Waals surface area contributed by atoms with Crippen molar-refractivity contribution < 1.29 is 17.9 Å². The van der Waals surface area contributed by atoms with E-state index in [1.807, 2.05) is 0 Å². The fourth-order valence-electron chi connectivity index (χ4n) is 2.56. The molecule has 7 heteroatoms. The summed E-state index contributed by atoms with van der Waals surface area (Å²) in [6, 6.07) is 5.73. The maximum absolute atomic E-state index is 12.5. The normalized spacial score (nSPS) is 19.0. The van der Waals surface area contributed by atoms with Crippen LogP contribution in [0.2, 0.25) is 5.02 Å². The molecule has 1 aromatic carbocycles. The summed E-state index contributed by atoms with van der Waals surface area (Å²) in [5.41, 5.74) is -0.598. The number of carbonyl (C=O) groups is 1. The number of rotatable bonds is 3. The van der Waals surface area contributed by atoms with Gasteiger partial charge >= 0.3 is 6.09 Å². The van der Waals surface area contributed by atoms with Crippen molar-refractivity contribution in [1.29, 1.82) is 0 Å². The van der Waals surface area contributed by atoms with Crippen LogP contribution in [-0.4, -0.2) is 43.4 Å². The van der Waals surface area contributed by atoms with Gasteiger partial charge in [0.15, 0.2) is 9.84 Å². The van der Waals surface area contributed by atoms with Gasteiger partial charge in [-0.2, -0.15) is 0 Å². The van der Waals surface area contributed by atoms with Crippen LogP contribution in [0.3, 0.4) is 0 Å². The number of likely N-dealkylation sites (tertiary alicyclic amines) is 1. The second-order valence-corrected chi connectivity index (χ2v) is 9.18. The van der Waals surface area contributed by atoms with E-state index in [1.165, 1.54) is 17.0 Å². The Balaban J connectivity index is 2.11. The second kappa shape index (κ2) is 6.69. The first-order valence-electron chi connectivity index (χ1n) is 7.56. The highest BCUT2D eigenvalue weighted by Gasteiger charge is 2.35. The summed E-state index contributed by atoms with van der Waals surface area (Å²) < 4.78 is 30.4. The molecule has 1 fully saturated rings. The number of sulfone groups is 1. The van der Waals surface area contributed by atoms with E-state index in [2.05, 4.69) is 0 Å². The lowest BCUT2D eigenvalue weighted by molar-refractivity contribution is 0.0241. The van der Waals surface area contributed by atoms with Crippen LogP contribution in [0.5, 0.6) is 0 Å². The van der Waals surface area contributed by atoms with Crippen LogP contribution in [0.25, 0.3) is 0 Å². The minimum absolute atomic E-state index is 0.103. The Bertz CT molecular complexity index is 664. The lowest BCUT2D eigenvalue weighted by Gasteiger charge is -2.28. The van der Waals surface area contributed by atoms with E-state index in [0.29, 0.717) is 18.0 Å². The molecule has 1 heterocycles. The van der Waals surface area contributed by atoms with E-state index in [0.717, 1.165) is 6.42 Å². The van der Waals surface area contributed by atoms with Gasteiger partial charge in [0.25, 0.3) is 0 Å². The van der Waals surface area contributed by atoms with Crippen molar-refractivity contribution >= 4 is 27.5 Å². The Morgan fingerprint density at radius 2 is 1.91 bits per heavy atom. The highest BCUT2D eigenvalue weighted by molar-refractivity contribution is 7.91. The van der Waals surface area contributed by atoms with Gasteiger partial charge in [-0.05, 0) is 57.9 Å². The first kappa shape index (κ1) is 18.1. The minimum Gasteiger partial charge on any atom is -0.444 e. The third kappa shape index (κ3) is 4.85. The quantitative estimate of drug-likeness (QED) is 0.828. The maximum Gasteiger partial charge on any atom is 0.410 e. The van der Waals surface area contributed by atoms with E-state index in [4.69, 9.17) is 16.3 Å².